The van der Waals surface area contributed by atoms with Gasteiger partial charge in [0, 0.05) is 5.69 Å². The van der Waals surface area contributed by atoms with Gasteiger partial charge in [-0.05, 0) is 44.5 Å². The topological polar surface area (TPSA) is 55.1 Å². The Balaban J connectivity index is 2.69. The van der Waals surface area contributed by atoms with Gasteiger partial charge in [0.1, 0.15) is 0 Å². The molecule has 0 aliphatic carbocycles. The summed E-state index contributed by atoms with van der Waals surface area (Å²) in [5.74, 6) is -1.43. The SMILES string of the molecule is Cc1nn(-c2ccc(C(F)(F)F)cc2C(=O)O)c(C)c1C. The van der Waals surface area contributed by atoms with Crippen molar-refractivity contribution in [3.8, 4) is 5.69 Å². The molecule has 0 amide bonds. The molecule has 0 bridgehead atoms. The second-order valence-corrected chi connectivity index (χ2v) is 4.74. The van der Waals surface area contributed by atoms with E-state index >= 15 is 0 Å². The lowest BCUT2D eigenvalue weighted by molar-refractivity contribution is -0.137. The summed E-state index contributed by atoms with van der Waals surface area (Å²) in [6, 6.07) is 2.61. The number of carboxylic acids is 1. The molecular weight excluding hydrogens is 285 g/mol. The summed E-state index contributed by atoms with van der Waals surface area (Å²) in [7, 11) is 0. The molecular formula is C14H13F3N2O2. The van der Waals surface area contributed by atoms with E-state index in [0.29, 0.717) is 17.5 Å². The van der Waals surface area contributed by atoms with Gasteiger partial charge in [-0.25, -0.2) is 9.48 Å². The number of hydrogen-bond donors (Lipinski definition) is 1. The van der Waals surface area contributed by atoms with E-state index in [1.165, 1.54) is 4.68 Å². The minimum absolute atomic E-state index is 0.115. The van der Waals surface area contributed by atoms with E-state index < -0.39 is 23.3 Å². The molecule has 2 aromatic rings. The minimum atomic E-state index is -4.59. The second kappa shape index (κ2) is 4.91. The number of halogens is 3. The first-order chi connectivity index (χ1) is 9.62. The molecule has 1 N–H and O–H groups in total. The van der Waals surface area contributed by atoms with Crippen molar-refractivity contribution >= 4 is 5.97 Å². The van der Waals surface area contributed by atoms with Crippen LogP contribution in [-0.4, -0.2) is 20.9 Å². The van der Waals surface area contributed by atoms with Crippen molar-refractivity contribution in [1.29, 1.82) is 0 Å². The Bertz CT molecular complexity index is 718. The third-order valence-electron chi connectivity index (χ3n) is 3.44. The van der Waals surface area contributed by atoms with Crippen molar-refractivity contribution in [3.05, 3.63) is 46.3 Å². The van der Waals surface area contributed by atoms with Crippen LogP contribution < -0.4 is 0 Å². The summed E-state index contributed by atoms with van der Waals surface area (Å²) in [5, 5.41) is 13.4. The summed E-state index contributed by atoms with van der Waals surface area (Å²) >= 11 is 0. The molecule has 112 valence electrons. The molecule has 0 atom stereocenters. The second-order valence-electron chi connectivity index (χ2n) is 4.74. The Labute approximate surface area is 118 Å². The number of aromatic nitrogens is 2. The maximum atomic E-state index is 12.7. The fraction of sp³-hybridized carbons (Fsp3) is 0.286. The van der Waals surface area contributed by atoms with Crippen LogP contribution in [0.3, 0.4) is 0 Å². The van der Waals surface area contributed by atoms with Gasteiger partial charge in [0.05, 0.1) is 22.5 Å². The number of nitrogens with zero attached hydrogens (tertiary/aromatic N) is 2. The largest absolute Gasteiger partial charge is 0.478 e. The fourth-order valence-corrected chi connectivity index (χ4v) is 2.02. The molecule has 0 aliphatic rings. The number of hydrogen-bond acceptors (Lipinski definition) is 2. The fourth-order valence-electron chi connectivity index (χ4n) is 2.02. The van der Waals surface area contributed by atoms with E-state index in [4.69, 9.17) is 0 Å². The first-order valence-corrected chi connectivity index (χ1v) is 6.10. The Kier molecular flexibility index (Phi) is 3.52. The Morgan fingerprint density at radius 3 is 2.29 bits per heavy atom. The average Bonchev–Trinajstić information content (AvgIpc) is 2.64. The molecule has 1 aromatic heterocycles. The molecule has 0 spiro atoms. The van der Waals surface area contributed by atoms with Crippen LogP contribution in [0.25, 0.3) is 5.69 Å². The number of aromatic carboxylic acids is 1. The lowest BCUT2D eigenvalue weighted by atomic mass is 10.1. The molecule has 1 heterocycles. The number of carboxylic acid groups (broad SMARTS) is 1. The molecule has 21 heavy (non-hydrogen) atoms. The van der Waals surface area contributed by atoms with Gasteiger partial charge < -0.3 is 5.11 Å². The van der Waals surface area contributed by atoms with Gasteiger partial charge in [-0.3, -0.25) is 0 Å². The van der Waals surface area contributed by atoms with Crippen LogP contribution in [0.2, 0.25) is 0 Å². The van der Waals surface area contributed by atoms with Crippen LogP contribution in [0.4, 0.5) is 13.2 Å². The summed E-state index contributed by atoms with van der Waals surface area (Å²) < 4.78 is 39.4. The van der Waals surface area contributed by atoms with E-state index in [1.807, 2.05) is 6.92 Å². The highest BCUT2D eigenvalue weighted by atomic mass is 19.4. The molecule has 0 radical (unpaired) electrons. The number of rotatable bonds is 2. The van der Waals surface area contributed by atoms with Crippen LogP contribution in [0.5, 0.6) is 0 Å². The van der Waals surface area contributed by atoms with Crippen molar-refractivity contribution in [1.82, 2.24) is 9.78 Å². The predicted octanol–water partition coefficient (Wildman–Crippen LogP) is 3.51. The van der Waals surface area contributed by atoms with Crippen molar-refractivity contribution in [2.75, 3.05) is 0 Å². The highest BCUT2D eigenvalue weighted by Gasteiger charge is 2.32. The Hall–Kier alpha value is -2.31. The third-order valence-corrected chi connectivity index (χ3v) is 3.44. The van der Waals surface area contributed by atoms with E-state index in [0.717, 1.165) is 17.7 Å². The van der Waals surface area contributed by atoms with E-state index in [9.17, 15) is 23.1 Å². The third kappa shape index (κ3) is 2.63. The summed E-state index contributed by atoms with van der Waals surface area (Å²) in [6.45, 7) is 5.31. The van der Waals surface area contributed by atoms with Crippen LogP contribution >= 0.6 is 0 Å². The molecule has 2 rings (SSSR count). The zero-order valence-corrected chi connectivity index (χ0v) is 11.6. The zero-order chi connectivity index (χ0) is 15.9. The summed E-state index contributed by atoms with van der Waals surface area (Å²) in [6.07, 6.45) is -4.59. The van der Waals surface area contributed by atoms with E-state index in [-0.39, 0.29) is 5.69 Å². The molecule has 0 saturated carbocycles. The molecule has 7 heteroatoms. The van der Waals surface area contributed by atoms with Gasteiger partial charge >= 0.3 is 12.1 Å². The normalized spacial score (nSPS) is 11.7. The zero-order valence-electron chi connectivity index (χ0n) is 11.6. The molecule has 0 saturated heterocycles. The van der Waals surface area contributed by atoms with Crippen LogP contribution in [-0.2, 0) is 6.18 Å². The van der Waals surface area contributed by atoms with Gasteiger partial charge in [-0.1, -0.05) is 0 Å². The Morgan fingerprint density at radius 1 is 1.24 bits per heavy atom. The van der Waals surface area contributed by atoms with Crippen LogP contribution in [0.15, 0.2) is 18.2 Å². The van der Waals surface area contributed by atoms with Gasteiger partial charge in [0.2, 0.25) is 0 Å². The van der Waals surface area contributed by atoms with Crippen LogP contribution in [0, 0.1) is 20.8 Å². The monoisotopic (exact) mass is 298 g/mol. The van der Waals surface area contributed by atoms with Crippen LogP contribution in [0.1, 0.15) is 32.9 Å². The first-order valence-electron chi connectivity index (χ1n) is 6.10. The number of alkyl halides is 3. The Morgan fingerprint density at radius 2 is 1.86 bits per heavy atom. The summed E-state index contributed by atoms with van der Waals surface area (Å²) in [4.78, 5) is 11.3. The van der Waals surface area contributed by atoms with Crippen molar-refractivity contribution in [2.45, 2.75) is 26.9 Å². The summed E-state index contributed by atoms with van der Waals surface area (Å²) in [5.41, 5.74) is 0.936. The van der Waals surface area contributed by atoms with Gasteiger partial charge in [-0.2, -0.15) is 18.3 Å². The quantitative estimate of drug-likeness (QED) is 0.923. The van der Waals surface area contributed by atoms with Crippen molar-refractivity contribution in [3.63, 3.8) is 0 Å². The number of carbonyl (C=O) groups is 1. The predicted molar refractivity (Wildman–Crippen MR) is 69.7 cm³/mol. The molecule has 4 nitrogen and oxygen atoms in total. The first kappa shape index (κ1) is 15.1. The maximum absolute atomic E-state index is 12.7. The lowest BCUT2D eigenvalue weighted by Crippen LogP contribution is -2.12. The average molecular weight is 298 g/mol. The van der Waals surface area contributed by atoms with Gasteiger partial charge in [0.15, 0.2) is 0 Å². The van der Waals surface area contributed by atoms with Crippen molar-refractivity contribution < 1.29 is 23.1 Å². The molecule has 0 unspecified atom stereocenters. The highest BCUT2D eigenvalue weighted by molar-refractivity contribution is 5.92. The molecule has 0 aliphatic heterocycles. The molecule has 1 aromatic carbocycles. The van der Waals surface area contributed by atoms with Gasteiger partial charge in [0.25, 0.3) is 0 Å². The highest BCUT2D eigenvalue weighted by Crippen LogP contribution is 2.32. The maximum Gasteiger partial charge on any atom is 0.416 e. The molecule has 0 fully saturated rings. The smallest absolute Gasteiger partial charge is 0.416 e. The van der Waals surface area contributed by atoms with E-state index in [2.05, 4.69) is 5.10 Å². The van der Waals surface area contributed by atoms with Gasteiger partial charge in [-0.15, -0.1) is 0 Å². The number of benzene rings is 1. The minimum Gasteiger partial charge on any atom is -0.478 e. The number of aryl methyl sites for hydroxylation is 1. The standard InChI is InChI=1S/C14H13F3N2O2/c1-7-8(2)18-19(9(7)3)12-5-4-10(14(15,16)17)6-11(12)13(20)21/h4-6H,1-3H3,(H,20,21). The van der Waals surface area contributed by atoms with E-state index in [1.54, 1.807) is 13.8 Å². The van der Waals surface area contributed by atoms with Crippen molar-refractivity contribution in [2.24, 2.45) is 0 Å². The lowest BCUT2D eigenvalue weighted by Gasteiger charge is -2.12.